The van der Waals surface area contributed by atoms with Crippen molar-refractivity contribution in [2.75, 3.05) is 26.4 Å². The maximum atomic E-state index is 10.3. The second-order valence-corrected chi connectivity index (χ2v) is 9.94. The van der Waals surface area contributed by atoms with Gasteiger partial charge in [0.1, 0.15) is 0 Å². The maximum absolute atomic E-state index is 10.3. The lowest BCUT2D eigenvalue weighted by atomic mass is 9.80. The molecule has 0 spiro atoms. The number of ether oxygens (including phenoxy) is 1. The zero-order valence-corrected chi connectivity index (χ0v) is 21.5. The van der Waals surface area contributed by atoms with Crippen molar-refractivity contribution in [2.24, 2.45) is 5.41 Å². The SMILES string of the molecule is CCCCCCCCCCCCOC(c1ccccc1)C(CO)(COP(O)O)COP(O)O. The van der Waals surface area contributed by atoms with Gasteiger partial charge in [0.25, 0.3) is 0 Å². The normalized spacial score (nSPS) is 13.2. The average molecular weight is 509 g/mol. The number of hydrogen-bond acceptors (Lipinski definition) is 8. The number of aliphatic hydroxyl groups excluding tert-OH is 1. The minimum atomic E-state index is -2.66. The van der Waals surface area contributed by atoms with Crippen LogP contribution in [0.3, 0.4) is 0 Å². The number of aliphatic hydroxyl groups is 1. The van der Waals surface area contributed by atoms with E-state index in [1.807, 2.05) is 30.3 Å². The van der Waals surface area contributed by atoms with Gasteiger partial charge in [-0.3, -0.25) is 0 Å². The Bertz CT molecular complexity index is 565. The van der Waals surface area contributed by atoms with Crippen LogP contribution in [-0.2, 0) is 13.8 Å². The minimum absolute atomic E-state index is 0.289. The molecule has 0 amide bonds. The minimum Gasteiger partial charge on any atom is -0.395 e. The Hall–Kier alpha value is -0.240. The second kappa shape index (κ2) is 19.0. The van der Waals surface area contributed by atoms with Crippen molar-refractivity contribution in [3.05, 3.63) is 35.9 Å². The molecule has 0 saturated carbocycles. The third-order valence-electron chi connectivity index (χ3n) is 5.69. The van der Waals surface area contributed by atoms with Crippen molar-refractivity contribution in [3.63, 3.8) is 0 Å². The van der Waals surface area contributed by atoms with E-state index in [9.17, 15) is 24.7 Å². The Balaban J connectivity index is 2.67. The number of benzene rings is 1. The summed E-state index contributed by atoms with van der Waals surface area (Å²) in [6.45, 7) is 1.61. The summed E-state index contributed by atoms with van der Waals surface area (Å²) in [7, 11) is -5.32. The van der Waals surface area contributed by atoms with Crippen molar-refractivity contribution in [2.45, 2.75) is 77.2 Å². The molecule has 192 valence electrons. The van der Waals surface area contributed by atoms with Gasteiger partial charge in [0.2, 0.25) is 0 Å². The van der Waals surface area contributed by atoms with E-state index >= 15 is 0 Å². The van der Waals surface area contributed by atoms with Crippen molar-refractivity contribution in [3.8, 4) is 0 Å². The van der Waals surface area contributed by atoms with E-state index < -0.39 is 35.3 Å². The van der Waals surface area contributed by atoms with Crippen LogP contribution < -0.4 is 0 Å². The predicted octanol–water partition coefficient (Wildman–Crippen LogP) is 5.10. The highest BCUT2D eigenvalue weighted by Crippen LogP contribution is 2.43. The molecule has 1 rings (SSSR count). The highest BCUT2D eigenvalue weighted by molar-refractivity contribution is 7.39. The molecular formula is C23H42O8P2. The van der Waals surface area contributed by atoms with Gasteiger partial charge in [0.15, 0.2) is 0 Å². The topological polar surface area (TPSA) is 129 Å². The van der Waals surface area contributed by atoms with E-state index in [1.165, 1.54) is 44.9 Å². The largest absolute Gasteiger partial charge is 0.395 e. The summed E-state index contributed by atoms with van der Waals surface area (Å²) in [5.74, 6) is 0. The summed E-state index contributed by atoms with van der Waals surface area (Å²) in [4.78, 5) is 37.0. The smallest absolute Gasteiger partial charge is 0.327 e. The lowest BCUT2D eigenvalue weighted by molar-refractivity contribution is -0.110. The Morgan fingerprint density at radius 1 is 0.758 bits per heavy atom. The molecule has 33 heavy (non-hydrogen) atoms. The summed E-state index contributed by atoms with van der Waals surface area (Å²) >= 11 is 0. The van der Waals surface area contributed by atoms with Gasteiger partial charge < -0.3 is 38.5 Å². The lowest BCUT2D eigenvalue weighted by Crippen LogP contribution is -2.42. The van der Waals surface area contributed by atoms with Crippen LogP contribution in [0.2, 0.25) is 0 Å². The molecule has 5 N–H and O–H groups in total. The van der Waals surface area contributed by atoms with Crippen LogP contribution in [0.25, 0.3) is 0 Å². The Kier molecular flexibility index (Phi) is 17.7. The molecule has 0 bridgehead atoms. The zero-order chi connectivity index (χ0) is 24.4. The van der Waals surface area contributed by atoms with E-state index in [0.29, 0.717) is 6.61 Å². The molecule has 1 atom stereocenters. The Labute approximate surface area is 200 Å². The molecule has 0 heterocycles. The Morgan fingerprint density at radius 3 is 1.70 bits per heavy atom. The molecule has 1 unspecified atom stereocenters. The summed E-state index contributed by atoms with van der Waals surface area (Å²) in [6, 6.07) is 9.22. The molecular weight excluding hydrogens is 466 g/mol. The van der Waals surface area contributed by atoms with Gasteiger partial charge in [-0.15, -0.1) is 0 Å². The van der Waals surface area contributed by atoms with E-state index in [4.69, 9.17) is 13.8 Å². The fourth-order valence-electron chi connectivity index (χ4n) is 3.78. The fraction of sp³-hybridized carbons (Fsp3) is 0.739. The second-order valence-electron chi connectivity index (χ2n) is 8.42. The van der Waals surface area contributed by atoms with Crippen molar-refractivity contribution < 1.29 is 38.5 Å². The van der Waals surface area contributed by atoms with Gasteiger partial charge in [-0.05, 0) is 12.0 Å². The molecule has 1 aromatic rings. The molecule has 0 fully saturated rings. The third kappa shape index (κ3) is 13.4. The van der Waals surface area contributed by atoms with Crippen LogP contribution in [0.4, 0.5) is 0 Å². The molecule has 0 aliphatic rings. The number of unbranched alkanes of at least 4 members (excludes halogenated alkanes) is 9. The average Bonchev–Trinajstić information content (AvgIpc) is 2.81. The molecule has 0 aromatic heterocycles. The lowest BCUT2D eigenvalue weighted by Gasteiger charge is -2.39. The molecule has 8 nitrogen and oxygen atoms in total. The van der Waals surface area contributed by atoms with Gasteiger partial charge in [-0.2, -0.15) is 0 Å². The molecule has 0 aliphatic carbocycles. The number of hydrogen-bond donors (Lipinski definition) is 5. The quantitative estimate of drug-likeness (QED) is 0.115. The molecule has 1 aromatic carbocycles. The first-order valence-corrected chi connectivity index (χ1v) is 14.2. The summed E-state index contributed by atoms with van der Waals surface area (Å²) < 4.78 is 16.3. The van der Waals surface area contributed by atoms with E-state index in [-0.39, 0.29) is 13.2 Å². The molecule has 0 radical (unpaired) electrons. The van der Waals surface area contributed by atoms with Gasteiger partial charge >= 0.3 is 17.2 Å². The monoisotopic (exact) mass is 508 g/mol. The first-order chi connectivity index (χ1) is 15.9. The zero-order valence-electron chi connectivity index (χ0n) is 19.7. The third-order valence-corrected chi connectivity index (χ3v) is 6.41. The van der Waals surface area contributed by atoms with Crippen LogP contribution in [0.15, 0.2) is 30.3 Å². The van der Waals surface area contributed by atoms with Crippen LogP contribution >= 0.6 is 17.2 Å². The highest BCUT2D eigenvalue weighted by atomic mass is 31.2. The highest BCUT2D eigenvalue weighted by Gasteiger charge is 2.42. The van der Waals surface area contributed by atoms with Crippen LogP contribution in [-0.4, -0.2) is 51.1 Å². The molecule has 0 saturated heterocycles. The van der Waals surface area contributed by atoms with Crippen molar-refractivity contribution in [1.29, 1.82) is 0 Å². The fourth-order valence-corrected chi connectivity index (χ4v) is 4.53. The predicted molar refractivity (Wildman–Crippen MR) is 131 cm³/mol. The van der Waals surface area contributed by atoms with Gasteiger partial charge in [-0.1, -0.05) is 95.0 Å². The number of rotatable bonds is 21. The molecule has 0 aliphatic heterocycles. The van der Waals surface area contributed by atoms with Crippen LogP contribution in [0, 0.1) is 5.41 Å². The first kappa shape index (κ1) is 30.8. The van der Waals surface area contributed by atoms with Gasteiger partial charge in [0, 0.05) is 6.61 Å². The standard InChI is InChI=1S/C23H42O8P2/c1-2-3-4-5-6-7-8-9-10-14-17-29-22(21-15-12-11-13-16-21)23(18-24,19-30-32(25)26)20-31-33(27)28/h11-13,15-16,22,24-28H,2-10,14,17-20H2,1H3. The van der Waals surface area contributed by atoms with E-state index in [0.717, 1.165) is 24.8 Å². The van der Waals surface area contributed by atoms with Gasteiger partial charge in [-0.25, -0.2) is 0 Å². The van der Waals surface area contributed by atoms with Crippen LogP contribution in [0.1, 0.15) is 82.8 Å². The van der Waals surface area contributed by atoms with Crippen LogP contribution in [0.5, 0.6) is 0 Å². The summed E-state index contributed by atoms with van der Waals surface area (Å²) in [5, 5.41) is 10.3. The summed E-state index contributed by atoms with van der Waals surface area (Å²) in [5.41, 5.74) is -0.496. The van der Waals surface area contributed by atoms with E-state index in [1.54, 1.807) is 0 Å². The van der Waals surface area contributed by atoms with Gasteiger partial charge in [0.05, 0.1) is 31.3 Å². The molecule has 10 heteroatoms. The van der Waals surface area contributed by atoms with Crippen molar-refractivity contribution in [1.82, 2.24) is 0 Å². The first-order valence-electron chi connectivity index (χ1n) is 11.8. The Morgan fingerprint density at radius 2 is 1.24 bits per heavy atom. The van der Waals surface area contributed by atoms with Crippen molar-refractivity contribution >= 4 is 17.2 Å². The summed E-state index contributed by atoms with van der Waals surface area (Å²) in [6.07, 6.45) is 11.3. The van der Waals surface area contributed by atoms with E-state index in [2.05, 4.69) is 6.92 Å². The maximum Gasteiger partial charge on any atom is 0.327 e.